The number of carbonyl (C=O) groups excluding carboxylic acids is 1. The molecule has 172 valence electrons. The molecule has 7 heteroatoms. The third kappa shape index (κ3) is 6.60. The Morgan fingerprint density at radius 1 is 1.09 bits per heavy atom. The number of hydrogen-bond acceptors (Lipinski definition) is 3. The van der Waals surface area contributed by atoms with E-state index in [9.17, 15) is 4.79 Å². The first kappa shape index (κ1) is 24.4. The Labute approximate surface area is 208 Å². The normalized spacial score (nSPS) is 18.5. The molecule has 6 nitrogen and oxygen atoms in total. The lowest BCUT2D eigenvalue weighted by atomic mass is 9.85. The van der Waals surface area contributed by atoms with Crippen molar-refractivity contribution in [3.8, 4) is 0 Å². The van der Waals surface area contributed by atoms with Crippen LogP contribution in [0.1, 0.15) is 38.2 Å². The average molecular weight is 547 g/mol. The number of amides is 1. The summed E-state index contributed by atoms with van der Waals surface area (Å²) < 4.78 is 0. The van der Waals surface area contributed by atoms with E-state index in [1.165, 1.54) is 5.69 Å². The minimum atomic E-state index is 0. The molecule has 0 spiro atoms. The number of benzene rings is 2. The summed E-state index contributed by atoms with van der Waals surface area (Å²) >= 11 is 0. The van der Waals surface area contributed by atoms with E-state index in [-0.39, 0.29) is 35.8 Å². The van der Waals surface area contributed by atoms with Crippen LogP contribution >= 0.6 is 24.0 Å². The van der Waals surface area contributed by atoms with Crippen LogP contribution < -0.4 is 20.9 Å². The van der Waals surface area contributed by atoms with Crippen LogP contribution in [0.5, 0.6) is 0 Å². The molecule has 1 amide bonds. The molecule has 1 saturated carbocycles. The van der Waals surface area contributed by atoms with Crippen molar-refractivity contribution in [2.24, 2.45) is 10.9 Å². The molecular weight excluding hydrogens is 513 g/mol. The molecule has 1 aliphatic carbocycles. The van der Waals surface area contributed by atoms with Crippen LogP contribution in [-0.4, -0.2) is 37.5 Å². The molecule has 1 unspecified atom stereocenters. The van der Waals surface area contributed by atoms with E-state index >= 15 is 0 Å². The van der Waals surface area contributed by atoms with E-state index in [1.807, 2.05) is 18.2 Å². The number of halogens is 1. The highest BCUT2D eigenvalue weighted by Crippen LogP contribution is 2.27. The first-order chi connectivity index (χ1) is 15.2. The summed E-state index contributed by atoms with van der Waals surface area (Å²) in [5, 5.41) is 10.0. The smallest absolute Gasteiger partial charge is 0.227 e. The van der Waals surface area contributed by atoms with Crippen molar-refractivity contribution in [2.75, 3.05) is 29.9 Å². The third-order valence-electron chi connectivity index (χ3n) is 6.08. The molecule has 2 aromatic rings. The van der Waals surface area contributed by atoms with E-state index in [4.69, 9.17) is 4.99 Å². The predicted octanol–water partition coefficient (Wildman–Crippen LogP) is 4.38. The maximum absolute atomic E-state index is 12.2. The molecule has 1 saturated heterocycles. The highest BCUT2D eigenvalue weighted by molar-refractivity contribution is 14.0. The highest BCUT2D eigenvalue weighted by atomic mass is 127. The van der Waals surface area contributed by atoms with Gasteiger partial charge in [-0.2, -0.15) is 0 Å². The van der Waals surface area contributed by atoms with Gasteiger partial charge in [-0.05, 0) is 56.0 Å². The van der Waals surface area contributed by atoms with Crippen LogP contribution in [0.25, 0.3) is 0 Å². The number of anilines is 2. The zero-order valence-electron chi connectivity index (χ0n) is 18.7. The fourth-order valence-electron chi connectivity index (χ4n) is 4.10. The Bertz CT molecular complexity index is 900. The average Bonchev–Trinajstić information content (AvgIpc) is 3.20. The zero-order valence-corrected chi connectivity index (χ0v) is 21.0. The largest absolute Gasteiger partial charge is 0.369 e. The third-order valence-corrected chi connectivity index (χ3v) is 6.08. The monoisotopic (exact) mass is 547 g/mol. The molecule has 2 aromatic carbocycles. The number of nitrogens with one attached hydrogen (secondary N) is 3. The number of carbonyl (C=O) groups is 1. The van der Waals surface area contributed by atoms with Crippen molar-refractivity contribution >= 4 is 47.2 Å². The Morgan fingerprint density at radius 3 is 2.62 bits per heavy atom. The second kappa shape index (κ2) is 12.1. The molecule has 0 bridgehead atoms. The van der Waals surface area contributed by atoms with Crippen molar-refractivity contribution in [3.63, 3.8) is 0 Å². The van der Waals surface area contributed by atoms with Gasteiger partial charge in [-0.3, -0.25) is 4.79 Å². The molecule has 0 aromatic heterocycles. The van der Waals surface area contributed by atoms with Crippen LogP contribution in [0.15, 0.2) is 59.6 Å². The van der Waals surface area contributed by atoms with Gasteiger partial charge in [0.2, 0.25) is 5.91 Å². The summed E-state index contributed by atoms with van der Waals surface area (Å²) in [6, 6.07) is 18.9. The molecule has 32 heavy (non-hydrogen) atoms. The molecule has 1 heterocycles. The Balaban J connectivity index is 0.00000289. The Hall–Kier alpha value is -2.29. The highest BCUT2D eigenvalue weighted by Gasteiger charge is 2.25. The van der Waals surface area contributed by atoms with Gasteiger partial charge in [0, 0.05) is 43.0 Å². The number of nitrogens with zero attached hydrogens (tertiary/aromatic N) is 2. The number of rotatable bonds is 7. The van der Waals surface area contributed by atoms with Crippen LogP contribution in [0, 0.1) is 5.92 Å². The van der Waals surface area contributed by atoms with Gasteiger partial charge in [0.25, 0.3) is 0 Å². The Morgan fingerprint density at radius 2 is 1.91 bits per heavy atom. The minimum absolute atomic E-state index is 0. The van der Waals surface area contributed by atoms with Crippen molar-refractivity contribution < 1.29 is 4.79 Å². The quantitative estimate of drug-likeness (QED) is 0.274. The van der Waals surface area contributed by atoms with Gasteiger partial charge in [-0.1, -0.05) is 36.8 Å². The van der Waals surface area contributed by atoms with Crippen LogP contribution in [-0.2, 0) is 11.3 Å². The van der Waals surface area contributed by atoms with E-state index in [0.29, 0.717) is 12.6 Å². The van der Waals surface area contributed by atoms with Gasteiger partial charge in [0.05, 0.1) is 6.54 Å². The topological polar surface area (TPSA) is 68.8 Å². The molecule has 2 fully saturated rings. The predicted molar refractivity (Wildman–Crippen MR) is 143 cm³/mol. The summed E-state index contributed by atoms with van der Waals surface area (Å²) in [7, 11) is 0. The maximum atomic E-state index is 12.2. The molecule has 4 rings (SSSR count). The van der Waals surface area contributed by atoms with Gasteiger partial charge in [-0.25, -0.2) is 4.99 Å². The van der Waals surface area contributed by atoms with Gasteiger partial charge in [0.15, 0.2) is 5.96 Å². The summed E-state index contributed by atoms with van der Waals surface area (Å²) in [5.74, 6) is 1.17. The fourth-order valence-corrected chi connectivity index (χ4v) is 4.10. The summed E-state index contributed by atoms with van der Waals surface area (Å²) in [4.78, 5) is 19.4. The summed E-state index contributed by atoms with van der Waals surface area (Å²) in [5.41, 5.74) is 3.22. The van der Waals surface area contributed by atoms with Crippen molar-refractivity contribution in [1.82, 2.24) is 10.6 Å². The van der Waals surface area contributed by atoms with Crippen molar-refractivity contribution in [1.29, 1.82) is 0 Å². The van der Waals surface area contributed by atoms with Gasteiger partial charge < -0.3 is 20.9 Å². The van der Waals surface area contributed by atoms with E-state index < -0.39 is 0 Å². The van der Waals surface area contributed by atoms with E-state index in [0.717, 1.165) is 62.5 Å². The summed E-state index contributed by atoms with van der Waals surface area (Å²) in [6.45, 7) is 5.48. The van der Waals surface area contributed by atoms with Crippen LogP contribution in [0.3, 0.4) is 0 Å². The first-order valence-electron chi connectivity index (χ1n) is 11.5. The first-order valence-corrected chi connectivity index (χ1v) is 11.5. The maximum Gasteiger partial charge on any atom is 0.227 e. The minimum Gasteiger partial charge on any atom is -0.369 e. The molecular formula is C25H34IN5O. The standard InChI is InChI=1S/C25H33N5O.HI/c1-2-26-25(29-22-14-15-30(18-22)23-12-4-3-5-13-23)27-17-19-8-6-11-21(16-19)28-24(31)20-9-7-10-20;/h3-6,8,11-13,16,20,22H,2,7,9-10,14-15,17-18H2,1H3,(H,28,31)(H2,26,27,29);1H. The lowest BCUT2D eigenvalue weighted by Crippen LogP contribution is -2.44. The van der Waals surface area contributed by atoms with E-state index in [1.54, 1.807) is 0 Å². The second-order valence-electron chi connectivity index (χ2n) is 8.42. The number of hydrogen-bond donors (Lipinski definition) is 3. The summed E-state index contributed by atoms with van der Waals surface area (Å²) in [6.07, 6.45) is 4.27. The fraction of sp³-hybridized carbons (Fsp3) is 0.440. The second-order valence-corrected chi connectivity index (χ2v) is 8.42. The van der Waals surface area contributed by atoms with Crippen LogP contribution in [0.2, 0.25) is 0 Å². The Kier molecular flexibility index (Phi) is 9.20. The van der Waals surface area contributed by atoms with Gasteiger partial charge in [-0.15, -0.1) is 24.0 Å². The van der Waals surface area contributed by atoms with E-state index in [2.05, 4.69) is 64.2 Å². The molecule has 3 N–H and O–H groups in total. The number of guanidine groups is 1. The lowest BCUT2D eigenvalue weighted by molar-refractivity contribution is -0.122. The van der Waals surface area contributed by atoms with Crippen LogP contribution in [0.4, 0.5) is 11.4 Å². The SMILES string of the molecule is CCNC(=NCc1cccc(NC(=O)C2CCC2)c1)NC1CCN(c2ccccc2)C1.I. The van der Waals surface area contributed by atoms with Crippen molar-refractivity contribution in [2.45, 2.75) is 45.2 Å². The molecule has 0 radical (unpaired) electrons. The lowest BCUT2D eigenvalue weighted by Gasteiger charge is -2.24. The van der Waals surface area contributed by atoms with Gasteiger partial charge in [0.1, 0.15) is 0 Å². The molecule has 1 aliphatic heterocycles. The number of aliphatic imine (C=N–C) groups is 1. The molecule has 2 aliphatic rings. The number of para-hydroxylation sites is 1. The van der Waals surface area contributed by atoms with Crippen molar-refractivity contribution in [3.05, 3.63) is 60.2 Å². The molecule has 1 atom stereocenters. The van der Waals surface area contributed by atoms with Gasteiger partial charge >= 0.3 is 0 Å². The zero-order chi connectivity index (χ0) is 21.5.